The molecule has 0 radical (unpaired) electrons. The summed E-state index contributed by atoms with van der Waals surface area (Å²) in [4.78, 5) is 24.6. The molecule has 0 saturated carbocycles. The molecule has 0 bridgehead atoms. The molecule has 1 aromatic heterocycles. The minimum Gasteiger partial charge on any atom is -0.466 e. The Balaban J connectivity index is 1.51. The molecule has 4 aromatic rings. The van der Waals surface area contributed by atoms with E-state index in [-0.39, 0.29) is 12.4 Å². The van der Waals surface area contributed by atoms with Gasteiger partial charge in [-0.2, -0.15) is 0 Å². The van der Waals surface area contributed by atoms with Crippen LogP contribution in [0.5, 0.6) is 0 Å². The van der Waals surface area contributed by atoms with Gasteiger partial charge in [0.2, 0.25) is 0 Å². The summed E-state index contributed by atoms with van der Waals surface area (Å²) in [6, 6.07) is 24.9. The number of nitrogens with one attached hydrogen (secondary N) is 1. The molecule has 1 amide bonds. The fourth-order valence-electron chi connectivity index (χ4n) is 3.92. The topological polar surface area (TPSA) is 90.7 Å². The van der Waals surface area contributed by atoms with E-state index in [0.29, 0.717) is 23.7 Å². The lowest BCUT2D eigenvalue weighted by atomic mass is 9.96. The van der Waals surface area contributed by atoms with Crippen LogP contribution in [0.4, 0.5) is 10.5 Å². The van der Waals surface area contributed by atoms with Crippen molar-refractivity contribution in [1.82, 2.24) is 5.16 Å². The van der Waals surface area contributed by atoms with E-state index in [9.17, 15) is 9.59 Å². The maximum absolute atomic E-state index is 12.6. The molecular formula is C29H28N2O5. The van der Waals surface area contributed by atoms with Crippen LogP contribution in [0.2, 0.25) is 0 Å². The summed E-state index contributed by atoms with van der Waals surface area (Å²) in [6.07, 6.45) is -0.808. The summed E-state index contributed by atoms with van der Waals surface area (Å²) in [5, 5.41) is 6.81. The molecule has 0 aliphatic rings. The number of rotatable bonds is 8. The molecule has 0 spiro atoms. The molecule has 1 atom stereocenters. The number of benzene rings is 3. The molecule has 1 unspecified atom stereocenters. The van der Waals surface area contributed by atoms with Crippen LogP contribution in [0.15, 0.2) is 83.4 Å². The fourth-order valence-corrected chi connectivity index (χ4v) is 3.92. The maximum Gasteiger partial charge on any atom is 0.412 e. The number of anilines is 1. The number of aryl methyl sites for hydroxylation is 1. The smallest absolute Gasteiger partial charge is 0.412 e. The summed E-state index contributed by atoms with van der Waals surface area (Å²) < 4.78 is 16.2. The van der Waals surface area contributed by atoms with Gasteiger partial charge >= 0.3 is 12.1 Å². The molecule has 7 heteroatoms. The van der Waals surface area contributed by atoms with Crippen molar-refractivity contribution in [2.24, 2.45) is 0 Å². The number of carbonyl (C=O) groups is 2. The molecule has 36 heavy (non-hydrogen) atoms. The van der Waals surface area contributed by atoms with Gasteiger partial charge in [0.15, 0.2) is 5.76 Å². The standard InChI is InChI=1S/C29H28N2O5/c1-4-34-26(32)18-24-12-8-9-13-25(24)22-14-16-23(17-15-22)28-27(19(2)31-36-28)30-29(33)35-20(3)21-10-6-5-7-11-21/h5-17,20H,4,18H2,1-3H3,(H,30,33). The maximum atomic E-state index is 12.6. The molecule has 1 heterocycles. The second kappa shape index (κ2) is 11.4. The van der Waals surface area contributed by atoms with Crippen molar-refractivity contribution in [2.45, 2.75) is 33.3 Å². The van der Waals surface area contributed by atoms with Crippen LogP contribution in [-0.4, -0.2) is 23.8 Å². The zero-order chi connectivity index (χ0) is 25.5. The van der Waals surface area contributed by atoms with Crippen LogP contribution in [0.3, 0.4) is 0 Å². The van der Waals surface area contributed by atoms with Crippen molar-refractivity contribution in [1.29, 1.82) is 0 Å². The highest BCUT2D eigenvalue weighted by atomic mass is 16.6. The van der Waals surface area contributed by atoms with Gasteiger partial charge in [-0.05, 0) is 43.0 Å². The first-order chi connectivity index (χ1) is 17.5. The quantitative estimate of drug-likeness (QED) is 0.279. The van der Waals surface area contributed by atoms with Gasteiger partial charge in [0.1, 0.15) is 17.5 Å². The van der Waals surface area contributed by atoms with Crippen molar-refractivity contribution < 1.29 is 23.6 Å². The largest absolute Gasteiger partial charge is 0.466 e. The van der Waals surface area contributed by atoms with E-state index in [4.69, 9.17) is 14.0 Å². The zero-order valence-electron chi connectivity index (χ0n) is 20.5. The van der Waals surface area contributed by atoms with Gasteiger partial charge in [-0.3, -0.25) is 10.1 Å². The van der Waals surface area contributed by atoms with Crippen LogP contribution in [0.25, 0.3) is 22.5 Å². The minimum atomic E-state index is -0.594. The molecule has 0 aliphatic carbocycles. The van der Waals surface area contributed by atoms with Gasteiger partial charge in [0.05, 0.1) is 13.0 Å². The Bertz CT molecular complexity index is 1330. The number of hydrogen-bond donors (Lipinski definition) is 1. The van der Waals surface area contributed by atoms with Crippen LogP contribution in [0.1, 0.15) is 36.8 Å². The molecule has 1 N–H and O–H groups in total. The summed E-state index contributed by atoms with van der Waals surface area (Å²) in [6.45, 7) is 5.71. The van der Waals surface area contributed by atoms with Gasteiger partial charge in [-0.1, -0.05) is 84.0 Å². The van der Waals surface area contributed by atoms with Crippen molar-refractivity contribution in [2.75, 3.05) is 11.9 Å². The zero-order valence-corrected chi connectivity index (χ0v) is 20.5. The molecule has 3 aromatic carbocycles. The Morgan fingerprint density at radius 2 is 1.61 bits per heavy atom. The number of hydrogen-bond acceptors (Lipinski definition) is 6. The average molecular weight is 485 g/mol. The van der Waals surface area contributed by atoms with Gasteiger partial charge in [-0.25, -0.2) is 4.79 Å². The van der Waals surface area contributed by atoms with Gasteiger partial charge < -0.3 is 14.0 Å². The monoisotopic (exact) mass is 484 g/mol. The summed E-state index contributed by atoms with van der Waals surface area (Å²) in [7, 11) is 0. The molecule has 0 fully saturated rings. The summed E-state index contributed by atoms with van der Waals surface area (Å²) >= 11 is 0. The van der Waals surface area contributed by atoms with E-state index < -0.39 is 12.2 Å². The lowest BCUT2D eigenvalue weighted by Gasteiger charge is -2.14. The van der Waals surface area contributed by atoms with Crippen LogP contribution in [0, 0.1) is 6.92 Å². The number of carbonyl (C=O) groups excluding carboxylic acids is 2. The third kappa shape index (κ3) is 5.81. The number of nitrogens with zero attached hydrogens (tertiary/aromatic N) is 1. The van der Waals surface area contributed by atoms with E-state index in [1.54, 1.807) is 13.8 Å². The Kier molecular flexibility index (Phi) is 7.80. The highest BCUT2D eigenvalue weighted by Crippen LogP contribution is 2.33. The van der Waals surface area contributed by atoms with Gasteiger partial charge in [0.25, 0.3) is 0 Å². The Morgan fingerprint density at radius 1 is 0.944 bits per heavy atom. The molecular weight excluding hydrogens is 456 g/mol. The van der Waals surface area contributed by atoms with Crippen molar-refractivity contribution in [3.05, 3.63) is 95.7 Å². The second-order valence-electron chi connectivity index (χ2n) is 8.27. The molecule has 184 valence electrons. The van der Waals surface area contributed by atoms with E-state index in [1.807, 2.05) is 85.8 Å². The SMILES string of the molecule is CCOC(=O)Cc1ccccc1-c1ccc(-c2onc(C)c2NC(=O)OC(C)c2ccccc2)cc1. The number of amides is 1. The van der Waals surface area contributed by atoms with E-state index in [1.165, 1.54) is 0 Å². The first kappa shape index (κ1) is 24.7. The third-order valence-corrected chi connectivity index (χ3v) is 5.76. The normalized spacial score (nSPS) is 11.5. The van der Waals surface area contributed by atoms with Crippen molar-refractivity contribution >= 4 is 17.7 Å². The van der Waals surface area contributed by atoms with E-state index in [2.05, 4.69) is 10.5 Å². The number of esters is 1. The second-order valence-corrected chi connectivity index (χ2v) is 8.27. The van der Waals surface area contributed by atoms with Crippen LogP contribution < -0.4 is 5.32 Å². The van der Waals surface area contributed by atoms with Crippen molar-refractivity contribution in [3.8, 4) is 22.5 Å². The predicted octanol–water partition coefficient (Wildman–Crippen LogP) is 6.73. The molecule has 7 nitrogen and oxygen atoms in total. The lowest BCUT2D eigenvalue weighted by molar-refractivity contribution is -0.142. The first-order valence-electron chi connectivity index (χ1n) is 11.8. The Morgan fingerprint density at radius 3 is 2.33 bits per heavy atom. The first-order valence-corrected chi connectivity index (χ1v) is 11.8. The van der Waals surface area contributed by atoms with Crippen molar-refractivity contribution in [3.63, 3.8) is 0 Å². The fraction of sp³-hybridized carbons (Fsp3) is 0.207. The van der Waals surface area contributed by atoms with Crippen LogP contribution >= 0.6 is 0 Å². The molecule has 4 rings (SSSR count). The lowest BCUT2D eigenvalue weighted by Crippen LogP contribution is -2.16. The summed E-state index contributed by atoms with van der Waals surface area (Å²) in [5.41, 5.74) is 5.41. The number of aromatic nitrogens is 1. The molecule has 0 saturated heterocycles. The van der Waals surface area contributed by atoms with Gasteiger partial charge in [-0.15, -0.1) is 0 Å². The molecule has 0 aliphatic heterocycles. The van der Waals surface area contributed by atoms with E-state index in [0.717, 1.165) is 27.8 Å². The number of ether oxygens (including phenoxy) is 2. The minimum absolute atomic E-state index is 0.199. The predicted molar refractivity (Wildman–Crippen MR) is 137 cm³/mol. The third-order valence-electron chi connectivity index (χ3n) is 5.76. The van der Waals surface area contributed by atoms with Crippen LogP contribution in [-0.2, 0) is 20.7 Å². The van der Waals surface area contributed by atoms with Gasteiger partial charge in [0, 0.05) is 5.56 Å². The van der Waals surface area contributed by atoms with E-state index >= 15 is 0 Å². The Labute approximate surface area is 210 Å². The highest BCUT2D eigenvalue weighted by Gasteiger charge is 2.20. The average Bonchev–Trinajstić information content (AvgIpc) is 3.24. The summed E-state index contributed by atoms with van der Waals surface area (Å²) in [5.74, 6) is 0.172. The highest BCUT2D eigenvalue weighted by molar-refractivity contribution is 5.91. The Hall–Kier alpha value is -4.39.